The van der Waals surface area contributed by atoms with Crippen molar-refractivity contribution in [3.05, 3.63) is 52.7 Å². The Morgan fingerprint density at radius 3 is 2.73 bits per heavy atom. The van der Waals surface area contributed by atoms with Gasteiger partial charge >= 0.3 is 0 Å². The fourth-order valence-corrected chi connectivity index (χ4v) is 1.60. The van der Waals surface area contributed by atoms with Crippen molar-refractivity contribution in [1.29, 1.82) is 0 Å². The van der Waals surface area contributed by atoms with E-state index in [2.05, 4.69) is 18.1 Å². The molecule has 0 saturated heterocycles. The molecule has 1 N–H and O–H groups in total. The molecule has 0 aromatic carbocycles. The lowest BCUT2D eigenvalue weighted by molar-refractivity contribution is 0.511. The molecule has 15 heavy (non-hydrogen) atoms. The van der Waals surface area contributed by atoms with Crippen molar-refractivity contribution in [2.45, 2.75) is 6.92 Å². The number of aliphatic hydroxyl groups is 1. The molecule has 0 aliphatic carbocycles. The van der Waals surface area contributed by atoms with Gasteiger partial charge in [0.05, 0.1) is 15.6 Å². The minimum absolute atomic E-state index is 0.0144. The van der Waals surface area contributed by atoms with E-state index >= 15 is 0 Å². The van der Waals surface area contributed by atoms with Gasteiger partial charge in [0.1, 0.15) is 5.76 Å². The van der Waals surface area contributed by atoms with Crippen LogP contribution in [0.1, 0.15) is 5.69 Å². The van der Waals surface area contributed by atoms with E-state index in [-0.39, 0.29) is 5.76 Å². The van der Waals surface area contributed by atoms with Gasteiger partial charge in [0.25, 0.3) is 0 Å². The summed E-state index contributed by atoms with van der Waals surface area (Å²) in [5, 5.41) is 11.2. The van der Waals surface area contributed by atoms with Crippen LogP contribution in [0, 0.1) is 6.92 Å². The number of hydrogen-bond acceptors (Lipinski definition) is 2. The van der Waals surface area contributed by atoms with Crippen LogP contribution in [0.2, 0.25) is 5.02 Å². The van der Waals surface area contributed by atoms with Crippen LogP contribution < -0.4 is 10.6 Å². The molecule has 0 atom stereocenters. The molecule has 0 spiro atoms. The molecule has 1 rings (SSSR count). The van der Waals surface area contributed by atoms with Crippen molar-refractivity contribution in [3.63, 3.8) is 0 Å². The van der Waals surface area contributed by atoms with Crippen molar-refractivity contribution in [1.82, 2.24) is 4.98 Å². The maximum Gasteiger partial charge on any atom is 0.125 e. The van der Waals surface area contributed by atoms with Gasteiger partial charge in [0, 0.05) is 5.69 Å². The first kappa shape index (κ1) is 11.5. The van der Waals surface area contributed by atoms with Gasteiger partial charge in [-0.05, 0) is 25.1 Å². The van der Waals surface area contributed by atoms with E-state index in [0.29, 0.717) is 15.6 Å². The van der Waals surface area contributed by atoms with Gasteiger partial charge in [0.2, 0.25) is 0 Å². The molecule has 0 fully saturated rings. The summed E-state index contributed by atoms with van der Waals surface area (Å²) in [6.45, 7) is 8.91. The molecule has 78 valence electrons. The minimum Gasteiger partial charge on any atom is -0.507 e. The largest absolute Gasteiger partial charge is 0.507 e. The number of rotatable bonds is 2. The fourth-order valence-electron chi connectivity index (χ4n) is 1.24. The van der Waals surface area contributed by atoms with Crippen LogP contribution in [0.25, 0.3) is 11.8 Å². The van der Waals surface area contributed by atoms with Crippen molar-refractivity contribution in [2.75, 3.05) is 0 Å². The van der Waals surface area contributed by atoms with Gasteiger partial charge in [-0.3, -0.25) is 4.98 Å². The number of aliphatic hydroxyl groups excluding tert-OH is 1. The lowest BCUT2D eigenvalue weighted by atomic mass is 10.2. The summed E-state index contributed by atoms with van der Waals surface area (Å²) in [6, 6.07) is 1.69. The first-order valence-electron chi connectivity index (χ1n) is 4.41. The summed E-state index contributed by atoms with van der Waals surface area (Å²) in [6.07, 6.45) is 4.62. The number of halogens is 1. The second-order valence-electron chi connectivity index (χ2n) is 3.00. The summed E-state index contributed by atoms with van der Waals surface area (Å²) in [5.41, 5.74) is 0.786. The Balaban J connectivity index is 3.86. The predicted molar refractivity (Wildman–Crippen MR) is 64.1 cm³/mol. The van der Waals surface area contributed by atoms with E-state index in [9.17, 15) is 5.11 Å². The Labute approximate surface area is 93.5 Å². The van der Waals surface area contributed by atoms with E-state index in [1.165, 1.54) is 6.08 Å². The second-order valence-corrected chi connectivity index (χ2v) is 3.40. The third kappa shape index (κ3) is 2.48. The van der Waals surface area contributed by atoms with E-state index in [1.807, 2.05) is 6.92 Å². The van der Waals surface area contributed by atoms with Crippen molar-refractivity contribution >= 4 is 23.4 Å². The molecule has 0 amide bonds. The Hall–Kier alpha value is -1.54. The Kier molecular flexibility index (Phi) is 3.69. The van der Waals surface area contributed by atoms with Gasteiger partial charge in [-0.25, -0.2) is 0 Å². The second kappa shape index (κ2) is 4.80. The molecule has 0 radical (unpaired) electrons. The SMILES string of the molecule is C=C/C=c1/nc(C)cc(Cl)/c1=C(\O)C=C. The first-order chi connectivity index (χ1) is 7.10. The lowest BCUT2D eigenvalue weighted by Crippen LogP contribution is -2.31. The zero-order valence-electron chi connectivity index (χ0n) is 8.50. The quantitative estimate of drug-likeness (QED) is 0.827. The van der Waals surface area contributed by atoms with Crippen LogP contribution in [0.4, 0.5) is 0 Å². The molecule has 1 aromatic heterocycles. The molecule has 0 saturated carbocycles. The Morgan fingerprint density at radius 1 is 1.53 bits per heavy atom. The summed E-state index contributed by atoms with van der Waals surface area (Å²) in [4.78, 5) is 4.25. The van der Waals surface area contributed by atoms with Crippen molar-refractivity contribution < 1.29 is 5.11 Å². The van der Waals surface area contributed by atoms with Crippen LogP contribution in [-0.2, 0) is 0 Å². The van der Waals surface area contributed by atoms with Crippen LogP contribution in [-0.4, -0.2) is 10.1 Å². The zero-order valence-corrected chi connectivity index (χ0v) is 9.25. The number of nitrogens with zero attached hydrogens (tertiary/aromatic N) is 1. The number of aryl methyl sites for hydroxylation is 1. The molecule has 0 aliphatic heterocycles. The highest BCUT2D eigenvalue weighted by Crippen LogP contribution is 2.01. The van der Waals surface area contributed by atoms with Gasteiger partial charge in [0.15, 0.2) is 0 Å². The lowest BCUT2D eigenvalue weighted by Gasteiger charge is -1.99. The fraction of sp³-hybridized carbons (Fsp3) is 0.0833. The highest BCUT2D eigenvalue weighted by molar-refractivity contribution is 6.30. The number of aromatic nitrogens is 1. The molecule has 2 nitrogen and oxygen atoms in total. The maximum atomic E-state index is 9.63. The summed E-state index contributed by atoms with van der Waals surface area (Å²) in [7, 11) is 0. The minimum atomic E-state index is 0.0144. The average molecular weight is 222 g/mol. The van der Waals surface area contributed by atoms with Gasteiger partial charge < -0.3 is 5.11 Å². The third-order valence-electron chi connectivity index (χ3n) is 1.85. The number of pyridine rings is 1. The highest BCUT2D eigenvalue weighted by Gasteiger charge is 2.00. The predicted octanol–water partition coefficient (Wildman–Crippen LogP) is 1.86. The van der Waals surface area contributed by atoms with Crippen LogP contribution >= 0.6 is 11.6 Å². The number of hydrogen-bond donors (Lipinski definition) is 1. The van der Waals surface area contributed by atoms with E-state index < -0.39 is 0 Å². The van der Waals surface area contributed by atoms with E-state index in [4.69, 9.17) is 11.6 Å². The standard InChI is InChI=1S/C12H12ClNO/c1-4-6-10-12(11(15)5-2)9(13)7-8(3)14-10/h4-7,15H,1-2H2,3H3/b10-6+,12-11+. The van der Waals surface area contributed by atoms with Gasteiger partial charge in [-0.1, -0.05) is 30.8 Å². The summed E-state index contributed by atoms with van der Waals surface area (Å²) in [5.74, 6) is 0.0144. The monoisotopic (exact) mass is 221 g/mol. The molecular weight excluding hydrogens is 210 g/mol. The molecule has 0 unspecified atom stereocenters. The van der Waals surface area contributed by atoms with Crippen LogP contribution in [0.5, 0.6) is 0 Å². The maximum absolute atomic E-state index is 9.63. The van der Waals surface area contributed by atoms with Crippen LogP contribution in [0.3, 0.4) is 0 Å². The topological polar surface area (TPSA) is 33.1 Å². The highest BCUT2D eigenvalue weighted by atomic mass is 35.5. The van der Waals surface area contributed by atoms with Crippen molar-refractivity contribution in [2.24, 2.45) is 0 Å². The first-order valence-corrected chi connectivity index (χ1v) is 4.79. The Morgan fingerprint density at radius 2 is 2.20 bits per heavy atom. The van der Waals surface area contributed by atoms with Crippen LogP contribution in [0.15, 0.2) is 31.4 Å². The normalized spacial score (nSPS) is 13.6. The Bertz CT molecular complexity index is 517. The van der Waals surface area contributed by atoms with E-state index in [0.717, 1.165) is 5.69 Å². The van der Waals surface area contributed by atoms with E-state index in [1.54, 1.807) is 18.2 Å². The molecule has 1 heterocycles. The average Bonchev–Trinajstić information content (AvgIpc) is 2.16. The molecule has 0 bridgehead atoms. The summed E-state index contributed by atoms with van der Waals surface area (Å²) < 4.78 is 0. The smallest absolute Gasteiger partial charge is 0.125 e. The third-order valence-corrected chi connectivity index (χ3v) is 2.15. The van der Waals surface area contributed by atoms with Gasteiger partial charge in [-0.2, -0.15) is 0 Å². The zero-order chi connectivity index (χ0) is 11.4. The molecule has 0 aliphatic rings. The molecular formula is C12H12ClNO. The molecule has 3 heteroatoms. The van der Waals surface area contributed by atoms with Gasteiger partial charge in [-0.15, -0.1) is 0 Å². The number of allylic oxidation sites excluding steroid dienone is 1. The molecule has 1 aromatic rings. The summed E-state index contributed by atoms with van der Waals surface area (Å²) >= 11 is 6.02. The van der Waals surface area contributed by atoms with Crippen molar-refractivity contribution in [3.8, 4) is 0 Å².